The number of nitrogens with one attached hydrogen (secondary N) is 2. The van der Waals surface area contributed by atoms with Gasteiger partial charge in [-0.3, -0.25) is 38.0 Å². The smallest absolute Gasteiger partial charge is 0.294 e. The summed E-state index contributed by atoms with van der Waals surface area (Å²) in [5.74, 6) is -0.0896. The number of hydrogen-bond donors (Lipinski definition) is 4. The zero-order valence-corrected chi connectivity index (χ0v) is 57.2. The number of hydrogen-bond acceptors (Lipinski definition) is 16. The molecule has 1 aromatic heterocycles. The summed E-state index contributed by atoms with van der Waals surface area (Å²) in [6.07, 6.45) is 21.1. The van der Waals surface area contributed by atoms with E-state index < -0.39 is 46.9 Å². The van der Waals surface area contributed by atoms with Gasteiger partial charge in [0.2, 0.25) is 17.5 Å². The zero-order chi connectivity index (χ0) is 67.7. The molecule has 5 aliphatic rings. The van der Waals surface area contributed by atoms with Crippen LogP contribution in [0.15, 0.2) is 137 Å². The molecule has 0 radical (unpaired) electrons. The van der Waals surface area contributed by atoms with Crippen molar-refractivity contribution in [2.24, 2.45) is 5.92 Å². The molecule has 6 heterocycles. The molecule has 3 amide bonds. The van der Waals surface area contributed by atoms with Crippen LogP contribution in [0.25, 0.3) is 0 Å². The average Bonchev–Trinajstić information content (AvgIpc) is 1.60. The highest BCUT2D eigenvalue weighted by atomic mass is 32.2. The van der Waals surface area contributed by atoms with Crippen LogP contribution in [0.3, 0.4) is 0 Å². The van der Waals surface area contributed by atoms with Gasteiger partial charge in [0.1, 0.15) is 16.7 Å². The number of allylic oxidation sites excluding steroid dienone is 6. The first-order valence-corrected chi connectivity index (χ1v) is 37.5. The molecule has 5 aliphatic heterocycles. The van der Waals surface area contributed by atoms with Gasteiger partial charge in [-0.25, -0.2) is 8.42 Å². The zero-order valence-electron chi connectivity index (χ0n) is 54.7. The van der Waals surface area contributed by atoms with Crippen molar-refractivity contribution < 1.29 is 57.9 Å². The Morgan fingerprint density at radius 2 is 1.42 bits per heavy atom. The number of piperidine rings is 1. The van der Waals surface area contributed by atoms with Gasteiger partial charge in [-0.15, -0.1) is 5.10 Å². The van der Waals surface area contributed by atoms with Gasteiger partial charge in [-0.1, -0.05) is 74.4 Å². The molecule has 0 bridgehead atoms. The first-order valence-electron chi connectivity index (χ1n) is 33.1. The van der Waals surface area contributed by atoms with Crippen molar-refractivity contribution in [1.29, 1.82) is 0 Å². The number of amides is 3. The summed E-state index contributed by atoms with van der Waals surface area (Å²) in [5, 5.41) is 14.8. The topological polar surface area (TPSA) is 291 Å². The molecule has 0 spiro atoms. The van der Waals surface area contributed by atoms with Crippen molar-refractivity contribution in [3.8, 4) is 0 Å². The van der Waals surface area contributed by atoms with E-state index >= 15 is 0 Å². The van der Waals surface area contributed by atoms with Crippen molar-refractivity contribution >= 4 is 82.2 Å². The lowest BCUT2D eigenvalue weighted by Crippen LogP contribution is -2.47. The number of fused-ring (bicyclic) bond motifs is 4. The minimum Gasteiger partial charge on any atom is -0.744 e. The van der Waals surface area contributed by atoms with Gasteiger partial charge in [0, 0.05) is 112 Å². The fraction of sp³-hybridized carbons (Fsp3) is 0.478. The molecular weight excluding hydrogens is 1270 g/mol. The summed E-state index contributed by atoms with van der Waals surface area (Å²) in [6, 6.07) is 23.5. The number of aryl methyl sites for hydroxylation is 1. The second-order valence-electron chi connectivity index (χ2n) is 26.5. The third kappa shape index (κ3) is 17.7. The van der Waals surface area contributed by atoms with Crippen LogP contribution in [0.2, 0.25) is 0 Å². The predicted octanol–water partition coefficient (Wildman–Crippen LogP) is 8.62. The van der Waals surface area contributed by atoms with Crippen molar-refractivity contribution in [2.45, 2.75) is 132 Å². The lowest BCUT2D eigenvalue weighted by molar-refractivity contribution is -0.438. The SMILES string of the molecule is CC1(C)C(/C=C/C=C/C=C2/N(CCCS(=O)(=O)O)c3ccc(S(=O)(=O)O)cc3C2(C)C)=[N+](CCCCCC(=O)NCCCn2cc(CCN3CCN(CCCCC4CCN(CC(=O)N5c6ccccc6NC(=O)c6ccccc65)CC4)CC3)nn2)c2ccc(S(=O)(=O)[O-])cc21. The number of anilines is 4. The standard InChI is InChI=1S/C69H89N11O12S3/c1-68(2)56-47-53(94(87,88)89)27-29-60(56)78(63(68)24-7-5-8-25-64-69(3,4)57-48-54(95(90,91)92)28-30-61(57)79(64)38-18-46-93(84,85)86)37-15-6-9-26-65(81)70-34-17-36-77-49-52(72-73-77)33-41-75-44-42-74(43-45-75)35-16-14-19-51-31-39-76(40-32-51)50-66(82)80-59-22-12-10-20-55(59)67(83)71-58-21-11-13-23-62(58)80/h5,7-8,10-13,20-25,27-30,47-49,51H,6,9,14-19,26,31-46,50H2,1-4H3,(H4-,70,71,81,83,84,85,86,87,88,89,90,91,92). The Morgan fingerprint density at radius 3 is 2.16 bits per heavy atom. The van der Waals surface area contributed by atoms with Crippen LogP contribution in [-0.2, 0) is 63.7 Å². The van der Waals surface area contributed by atoms with E-state index in [1.807, 2.05) is 110 Å². The Labute approximate surface area is 558 Å². The summed E-state index contributed by atoms with van der Waals surface area (Å²) in [7, 11) is -13.5. The van der Waals surface area contributed by atoms with E-state index in [0.717, 1.165) is 101 Å². The highest BCUT2D eigenvalue weighted by Crippen LogP contribution is 2.49. The van der Waals surface area contributed by atoms with E-state index in [4.69, 9.17) is 0 Å². The highest BCUT2D eigenvalue weighted by Gasteiger charge is 2.45. The number of carbonyl (C=O) groups is 3. The summed E-state index contributed by atoms with van der Waals surface area (Å²) in [6.45, 7) is 17.9. The second kappa shape index (κ2) is 30.4. The van der Waals surface area contributed by atoms with Crippen molar-refractivity contribution in [3.05, 3.63) is 150 Å². The van der Waals surface area contributed by atoms with Gasteiger partial charge in [0.05, 0.1) is 55.8 Å². The second-order valence-corrected chi connectivity index (χ2v) is 30.9. The van der Waals surface area contributed by atoms with E-state index in [2.05, 4.69) is 40.2 Å². The van der Waals surface area contributed by atoms with Crippen LogP contribution < -0.4 is 20.4 Å². The molecule has 26 heteroatoms. The Kier molecular flexibility index (Phi) is 22.6. The summed E-state index contributed by atoms with van der Waals surface area (Å²) in [4.78, 5) is 50.3. The third-order valence-electron chi connectivity index (χ3n) is 19.2. The van der Waals surface area contributed by atoms with E-state index in [0.29, 0.717) is 97.2 Å². The number of nitrogens with zero attached hydrogens (tertiary/aromatic N) is 9. The van der Waals surface area contributed by atoms with Crippen LogP contribution in [0.1, 0.15) is 126 Å². The minimum atomic E-state index is -4.74. The maximum absolute atomic E-state index is 14.0. The van der Waals surface area contributed by atoms with E-state index in [1.165, 1.54) is 43.5 Å². The Bertz CT molecular complexity index is 4110. The number of unbranched alkanes of at least 4 members (excludes halogenated alkanes) is 3. The molecule has 510 valence electrons. The van der Waals surface area contributed by atoms with Crippen LogP contribution in [0.4, 0.5) is 28.4 Å². The number of carbonyl (C=O) groups excluding carboxylic acids is 3. The quantitative estimate of drug-likeness (QED) is 0.0151. The Morgan fingerprint density at radius 1 is 0.716 bits per heavy atom. The van der Waals surface area contributed by atoms with E-state index in [1.54, 1.807) is 29.2 Å². The molecule has 95 heavy (non-hydrogen) atoms. The summed E-state index contributed by atoms with van der Waals surface area (Å²) in [5.41, 5.74) is 6.15. The van der Waals surface area contributed by atoms with Gasteiger partial charge in [0.25, 0.3) is 26.1 Å². The van der Waals surface area contributed by atoms with Crippen molar-refractivity contribution in [3.63, 3.8) is 0 Å². The molecule has 4 N–H and O–H groups in total. The molecule has 2 fully saturated rings. The van der Waals surface area contributed by atoms with Crippen LogP contribution in [0.5, 0.6) is 0 Å². The molecular formula is C69H89N11O12S3. The van der Waals surface area contributed by atoms with Crippen LogP contribution in [0, 0.1) is 5.92 Å². The molecule has 10 rings (SSSR count). The van der Waals surface area contributed by atoms with Crippen LogP contribution >= 0.6 is 0 Å². The first kappa shape index (κ1) is 70.5. The fourth-order valence-corrected chi connectivity index (χ4v) is 15.4. The molecule has 4 aromatic carbocycles. The molecule has 5 aromatic rings. The first-order chi connectivity index (χ1) is 45.2. The largest absolute Gasteiger partial charge is 0.744 e. The van der Waals surface area contributed by atoms with E-state index in [9.17, 15) is 53.3 Å². The van der Waals surface area contributed by atoms with Gasteiger partial charge in [0.15, 0.2) is 5.71 Å². The highest BCUT2D eigenvalue weighted by molar-refractivity contribution is 7.86. The number of aromatic nitrogens is 3. The summed E-state index contributed by atoms with van der Waals surface area (Å²) < 4.78 is 107. The van der Waals surface area contributed by atoms with Crippen molar-refractivity contribution in [2.75, 3.05) is 99.4 Å². The lowest BCUT2D eigenvalue weighted by Gasteiger charge is -2.35. The van der Waals surface area contributed by atoms with Crippen molar-refractivity contribution in [1.82, 2.24) is 35.0 Å². The maximum atomic E-state index is 14.0. The van der Waals surface area contributed by atoms with Crippen LogP contribution in [-0.4, -0.2) is 181 Å². The monoisotopic (exact) mass is 1360 g/mol. The Balaban J connectivity index is 0.613. The van der Waals surface area contributed by atoms with E-state index in [-0.39, 0.29) is 40.5 Å². The number of rotatable bonds is 29. The van der Waals surface area contributed by atoms with Gasteiger partial charge in [-0.05, 0) is 151 Å². The van der Waals surface area contributed by atoms with Gasteiger partial charge in [-0.2, -0.15) is 21.4 Å². The average molecular weight is 1360 g/mol. The molecule has 2 saturated heterocycles. The third-order valence-corrected chi connectivity index (χ3v) is 21.7. The predicted molar refractivity (Wildman–Crippen MR) is 365 cm³/mol. The number of piperazine rings is 1. The maximum Gasteiger partial charge on any atom is 0.294 e. The Hall–Kier alpha value is -7.27. The lowest BCUT2D eigenvalue weighted by atomic mass is 9.81. The number of likely N-dealkylation sites (tertiary alicyclic amines) is 1. The molecule has 0 saturated carbocycles. The van der Waals surface area contributed by atoms with Gasteiger partial charge < -0.3 is 29.9 Å². The minimum absolute atomic E-state index is 0.0310. The number of para-hydroxylation sites is 3. The fourth-order valence-electron chi connectivity index (χ4n) is 13.9. The molecule has 23 nitrogen and oxygen atoms in total. The normalized spacial score (nSPS) is 18.3. The molecule has 0 unspecified atom stereocenters. The molecule has 0 atom stereocenters. The van der Waals surface area contributed by atoms with Gasteiger partial charge >= 0.3 is 0 Å². The summed E-state index contributed by atoms with van der Waals surface area (Å²) >= 11 is 0. The number of benzene rings is 4. The molecule has 0 aliphatic carbocycles.